The van der Waals surface area contributed by atoms with Crippen LogP contribution in [0.15, 0.2) is 60.7 Å². The number of carbonyl (C=O) groups excluding carboxylic acids is 2. The third kappa shape index (κ3) is 4.04. The van der Waals surface area contributed by atoms with Crippen LogP contribution in [0.5, 0.6) is 11.5 Å². The molecule has 1 aliphatic heterocycles. The Hall–Kier alpha value is -3.02. The molecule has 0 N–H and O–H groups in total. The molecule has 6 heteroatoms. The Bertz CT molecular complexity index is 621. The van der Waals surface area contributed by atoms with E-state index in [1.54, 1.807) is 58.3 Å². The first-order valence-corrected chi connectivity index (χ1v) is 7.76. The second kappa shape index (κ2) is 7.50. The van der Waals surface area contributed by atoms with Crippen molar-refractivity contribution in [3.63, 3.8) is 0 Å². The lowest BCUT2D eigenvalue weighted by atomic mass is 10.3. The first kappa shape index (κ1) is 15.9. The Morgan fingerprint density at radius 1 is 0.625 bits per heavy atom. The van der Waals surface area contributed by atoms with Crippen LogP contribution in [0.25, 0.3) is 0 Å². The average molecular weight is 326 g/mol. The summed E-state index contributed by atoms with van der Waals surface area (Å²) < 4.78 is 10.6. The van der Waals surface area contributed by atoms with Crippen molar-refractivity contribution in [1.29, 1.82) is 0 Å². The van der Waals surface area contributed by atoms with Crippen LogP contribution in [-0.4, -0.2) is 48.2 Å². The summed E-state index contributed by atoms with van der Waals surface area (Å²) in [4.78, 5) is 27.4. The summed E-state index contributed by atoms with van der Waals surface area (Å²) in [5.41, 5.74) is 0. The van der Waals surface area contributed by atoms with Gasteiger partial charge in [0.25, 0.3) is 0 Å². The van der Waals surface area contributed by atoms with Gasteiger partial charge in [0.1, 0.15) is 11.5 Å². The minimum Gasteiger partial charge on any atom is -0.410 e. The summed E-state index contributed by atoms with van der Waals surface area (Å²) >= 11 is 0. The number of ether oxygens (including phenoxy) is 2. The molecule has 0 bridgehead atoms. The average Bonchev–Trinajstić information content (AvgIpc) is 2.63. The lowest BCUT2D eigenvalue weighted by molar-refractivity contribution is 0.101. The number of piperazine rings is 1. The van der Waals surface area contributed by atoms with Gasteiger partial charge < -0.3 is 19.3 Å². The van der Waals surface area contributed by atoms with Gasteiger partial charge in [0.2, 0.25) is 0 Å². The molecule has 0 spiro atoms. The summed E-state index contributed by atoms with van der Waals surface area (Å²) in [5, 5.41) is 0. The zero-order valence-corrected chi connectivity index (χ0v) is 13.1. The molecule has 24 heavy (non-hydrogen) atoms. The standard InChI is InChI=1S/C18H18N2O4/c21-17(23-15-7-3-1-4-8-15)19-11-13-20(14-12-19)18(22)24-16-9-5-2-6-10-16/h1-10H,11-14H2. The lowest BCUT2D eigenvalue weighted by Crippen LogP contribution is -2.52. The van der Waals surface area contributed by atoms with Crippen molar-refractivity contribution >= 4 is 12.2 Å². The SMILES string of the molecule is O=C(Oc1ccccc1)N1CCN(C(=O)Oc2ccccc2)CC1. The Morgan fingerprint density at radius 2 is 0.958 bits per heavy atom. The van der Waals surface area contributed by atoms with Gasteiger partial charge in [-0.05, 0) is 24.3 Å². The molecule has 0 unspecified atom stereocenters. The van der Waals surface area contributed by atoms with Gasteiger partial charge >= 0.3 is 12.2 Å². The molecule has 6 nitrogen and oxygen atoms in total. The number of benzene rings is 2. The maximum absolute atomic E-state index is 12.1. The van der Waals surface area contributed by atoms with Crippen LogP contribution in [0.2, 0.25) is 0 Å². The van der Waals surface area contributed by atoms with Gasteiger partial charge in [0, 0.05) is 26.2 Å². The third-order valence-corrected chi connectivity index (χ3v) is 3.69. The van der Waals surface area contributed by atoms with Gasteiger partial charge in [-0.1, -0.05) is 36.4 Å². The zero-order chi connectivity index (χ0) is 16.8. The van der Waals surface area contributed by atoms with Crippen molar-refractivity contribution in [2.75, 3.05) is 26.2 Å². The Balaban J connectivity index is 1.48. The smallest absolute Gasteiger partial charge is 0.410 e. The van der Waals surface area contributed by atoms with E-state index in [2.05, 4.69) is 0 Å². The Morgan fingerprint density at radius 3 is 1.29 bits per heavy atom. The maximum Gasteiger partial charge on any atom is 0.415 e. The number of carbonyl (C=O) groups is 2. The molecule has 0 aliphatic carbocycles. The number of para-hydroxylation sites is 2. The van der Waals surface area contributed by atoms with Crippen LogP contribution in [-0.2, 0) is 0 Å². The summed E-state index contributed by atoms with van der Waals surface area (Å²) in [6.07, 6.45) is -0.811. The van der Waals surface area contributed by atoms with Gasteiger partial charge in [0.15, 0.2) is 0 Å². The number of hydrogen-bond donors (Lipinski definition) is 0. The van der Waals surface area contributed by atoms with Crippen molar-refractivity contribution in [2.45, 2.75) is 0 Å². The van der Waals surface area contributed by atoms with Gasteiger partial charge in [0.05, 0.1) is 0 Å². The second-order valence-electron chi connectivity index (χ2n) is 5.34. The maximum atomic E-state index is 12.1. The molecule has 124 valence electrons. The Kier molecular flexibility index (Phi) is 4.96. The fourth-order valence-electron chi connectivity index (χ4n) is 2.38. The molecular formula is C18H18N2O4. The number of nitrogens with zero attached hydrogens (tertiary/aromatic N) is 2. The largest absolute Gasteiger partial charge is 0.415 e. The van der Waals surface area contributed by atoms with Gasteiger partial charge in [-0.25, -0.2) is 9.59 Å². The van der Waals surface area contributed by atoms with Crippen LogP contribution in [0, 0.1) is 0 Å². The van der Waals surface area contributed by atoms with Crippen molar-refractivity contribution in [1.82, 2.24) is 9.80 Å². The molecule has 1 aliphatic rings. The Labute approximate surface area is 140 Å². The monoisotopic (exact) mass is 326 g/mol. The predicted molar refractivity (Wildman–Crippen MR) is 88.1 cm³/mol. The quantitative estimate of drug-likeness (QED) is 0.851. The zero-order valence-electron chi connectivity index (χ0n) is 13.1. The van der Waals surface area contributed by atoms with Crippen molar-refractivity contribution < 1.29 is 19.1 Å². The molecule has 2 aromatic rings. The molecule has 2 aromatic carbocycles. The first-order valence-electron chi connectivity index (χ1n) is 7.76. The summed E-state index contributed by atoms with van der Waals surface area (Å²) in [6.45, 7) is 1.65. The molecule has 2 amide bonds. The van der Waals surface area contributed by atoms with E-state index in [1.165, 1.54) is 0 Å². The molecule has 1 saturated heterocycles. The molecular weight excluding hydrogens is 308 g/mol. The van der Waals surface area contributed by atoms with Crippen LogP contribution in [0.3, 0.4) is 0 Å². The van der Waals surface area contributed by atoms with Crippen LogP contribution in [0.1, 0.15) is 0 Å². The van der Waals surface area contributed by atoms with Gasteiger partial charge in [-0.3, -0.25) is 0 Å². The molecule has 3 rings (SSSR count). The fourth-order valence-corrected chi connectivity index (χ4v) is 2.38. The van der Waals surface area contributed by atoms with E-state index in [-0.39, 0.29) is 0 Å². The number of rotatable bonds is 2. The highest BCUT2D eigenvalue weighted by Crippen LogP contribution is 2.14. The summed E-state index contributed by atoms with van der Waals surface area (Å²) in [5.74, 6) is 1.02. The van der Waals surface area contributed by atoms with E-state index in [0.717, 1.165) is 0 Å². The first-order chi connectivity index (χ1) is 11.7. The topological polar surface area (TPSA) is 59.1 Å². The molecule has 0 radical (unpaired) electrons. The van der Waals surface area contributed by atoms with E-state index >= 15 is 0 Å². The van der Waals surface area contributed by atoms with Crippen LogP contribution < -0.4 is 9.47 Å². The van der Waals surface area contributed by atoms with Gasteiger partial charge in [-0.2, -0.15) is 0 Å². The lowest BCUT2D eigenvalue weighted by Gasteiger charge is -2.33. The van der Waals surface area contributed by atoms with Crippen LogP contribution in [0.4, 0.5) is 9.59 Å². The van der Waals surface area contributed by atoms with Gasteiger partial charge in [-0.15, -0.1) is 0 Å². The highest BCUT2D eigenvalue weighted by atomic mass is 16.6. The van der Waals surface area contributed by atoms with Crippen molar-refractivity contribution in [3.05, 3.63) is 60.7 Å². The van der Waals surface area contributed by atoms with E-state index in [1.807, 2.05) is 12.1 Å². The van der Waals surface area contributed by atoms with Crippen LogP contribution >= 0.6 is 0 Å². The summed E-state index contributed by atoms with van der Waals surface area (Å²) in [7, 11) is 0. The number of hydrogen-bond acceptors (Lipinski definition) is 4. The minimum absolute atomic E-state index is 0.405. The molecule has 0 saturated carbocycles. The molecule has 1 fully saturated rings. The van der Waals surface area contributed by atoms with E-state index in [0.29, 0.717) is 37.7 Å². The molecule has 1 heterocycles. The van der Waals surface area contributed by atoms with E-state index in [9.17, 15) is 9.59 Å². The predicted octanol–water partition coefficient (Wildman–Crippen LogP) is 3.00. The normalized spacial score (nSPS) is 14.2. The van der Waals surface area contributed by atoms with Crippen molar-refractivity contribution in [2.24, 2.45) is 0 Å². The fraction of sp³-hybridized carbons (Fsp3) is 0.222. The molecule has 0 atom stereocenters. The third-order valence-electron chi connectivity index (χ3n) is 3.69. The minimum atomic E-state index is -0.405. The molecule has 0 aromatic heterocycles. The number of amides is 2. The highest BCUT2D eigenvalue weighted by Gasteiger charge is 2.26. The summed E-state index contributed by atoms with van der Waals surface area (Å²) in [6, 6.07) is 17.8. The highest BCUT2D eigenvalue weighted by molar-refractivity contribution is 5.73. The van der Waals surface area contributed by atoms with Crippen molar-refractivity contribution in [3.8, 4) is 11.5 Å². The van der Waals surface area contributed by atoms with E-state index < -0.39 is 12.2 Å². The van der Waals surface area contributed by atoms with E-state index in [4.69, 9.17) is 9.47 Å². The second-order valence-corrected chi connectivity index (χ2v) is 5.34.